The molecule has 0 amide bonds. The van der Waals surface area contributed by atoms with Crippen LogP contribution in [0.25, 0.3) is 0 Å². The number of benzene rings is 1. The molecule has 0 saturated carbocycles. The predicted octanol–water partition coefficient (Wildman–Crippen LogP) is 4.84. The van der Waals surface area contributed by atoms with Crippen molar-refractivity contribution in [2.45, 2.75) is 58.6 Å². The summed E-state index contributed by atoms with van der Waals surface area (Å²) in [5.41, 5.74) is 8.30. The van der Waals surface area contributed by atoms with Crippen molar-refractivity contribution in [1.82, 2.24) is 4.90 Å². The van der Waals surface area contributed by atoms with Crippen LogP contribution in [-0.4, -0.2) is 29.9 Å². The molecule has 3 rings (SSSR count). The lowest BCUT2D eigenvalue weighted by Gasteiger charge is -2.21. The van der Waals surface area contributed by atoms with Crippen LogP contribution in [0.4, 0.5) is 0 Å². The summed E-state index contributed by atoms with van der Waals surface area (Å²) in [6.07, 6.45) is 11.1. The third-order valence-electron chi connectivity index (χ3n) is 5.56. The van der Waals surface area contributed by atoms with Gasteiger partial charge < -0.3 is 15.4 Å². The van der Waals surface area contributed by atoms with Crippen molar-refractivity contribution in [2.24, 2.45) is 16.6 Å². The molecule has 1 fully saturated rings. The SMILES string of the molecule is CCC(CC)C1=CCC=CC(N2CCC(Oc3ccc(C(C)N)cc3)C2)=N1. The minimum atomic E-state index is 0.0541. The molecule has 0 aromatic heterocycles. The van der Waals surface area contributed by atoms with Gasteiger partial charge in [-0.2, -0.15) is 0 Å². The van der Waals surface area contributed by atoms with Crippen LogP contribution in [-0.2, 0) is 0 Å². The van der Waals surface area contributed by atoms with Crippen LogP contribution in [0.3, 0.4) is 0 Å². The van der Waals surface area contributed by atoms with Gasteiger partial charge >= 0.3 is 0 Å². The summed E-state index contributed by atoms with van der Waals surface area (Å²) in [6.45, 7) is 8.37. The van der Waals surface area contributed by atoms with Crippen molar-refractivity contribution in [3.63, 3.8) is 0 Å². The van der Waals surface area contributed by atoms with E-state index in [0.29, 0.717) is 5.92 Å². The Bertz CT molecular complexity index is 699. The van der Waals surface area contributed by atoms with E-state index in [-0.39, 0.29) is 12.1 Å². The molecular formula is C23H33N3O. The highest BCUT2D eigenvalue weighted by atomic mass is 16.5. The molecule has 2 heterocycles. The first-order valence-electron chi connectivity index (χ1n) is 10.3. The second kappa shape index (κ2) is 9.23. The highest BCUT2D eigenvalue weighted by Gasteiger charge is 2.26. The number of nitrogens with zero attached hydrogens (tertiary/aromatic N) is 2. The van der Waals surface area contributed by atoms with E-state index in [1.54, 1.807) is 0 Å². The van der Waals surface area contributed by atoms with Crippen LogP contribution >= 0.6 is 0 Å². The molecule has 0 radical (unpaired) electrons. The van der Waals surface area contributed by atoms with E-state index in [9.17, 15) is 0 Å². The minimum Gasteiger partial charge on any atom is -0.489 e. The number of likely N-dealkylation sites (tertiary alicyclic amines) is 1. The van der Waals surface area contributed by atoms with Crippen molar-refractivity contribution in [3.8, 4) is 5.75 Å². The van der Waals surface area contributed by atoms with Crippen molar-refractivity contribution in [3.05, 3.63) is 53.8 Å². The highest BCUT2D eigenvalue weighted by molar-refractivity contribution is 5.94. The fourth-order valence-corrected chi connectivity index (χ4v) is 3.79. The van der Waals surface area contributed by atoms with E-state index in [0.717, 1.165) is 55.9 Å². The van der Waals surface area contributed by atoms with Gasteiger partial charge in [0.25, 0.3) is 0 Å². The topological polar surface area (TPSA) is 50.9 Å². The summed E-state index contributed by atoms with van der Waals surface area (Å²) in [6, 6.07) is 8.21. The second-order valence-electron chi connectivity index (χ2n) is 7.58. The first kappa shape index (κ1) is 19.7. The zero-order valence-electron chi connectivity index (χ0n) is 16.9. The lowest BCUT2D eigenvalue weighted by atomic mass is 9.99. The van der Waals surface area contributed by atoms with Crippen LogP contribution in [0.1, 0.15) is 58.1 Å². The molecule has 146 valence electrons. The van der Waals surface area contributed by atoms with Gasteiger partial charge in [0.05, 0.1) is 6.54 Å². The normalized spacial score (nSPS) is 21.1. The monoisotopic (exact) mass is 367 g/mol. The van der Waals surface area contributed by atoms with E-state index in [4.69, 9.17) is 15.5 Å². The lowest BCUT2D eigenvalue weighted by molar-refractivity contribution is 0.214. The summed E-state index contributed by atoms with van der Waals surface area (Å²) in [4.78, 5) is 7.38. The number of aliphatic imine (C=N–C) groups is 1. The largest absolute Gasteiger partial charge is 0.489 e. The highest BCUT2D eigenvalue weighted by Crippen LogP contribution is 2.25. The van der Waals surface area contributed by atoms with E-state index in [1.165, 1.54) is 5.70 Å². The third-order valence-corrected chi connectivity index (χ3v) is 5.56. The van der Waals surface area contributed by atoms with Gasteiger partial charge in [0.1, 0.15) is 17.7 Å². The predicted molar refractivity (Wildman–Crippen MR) is 113 cm³/mol. The Balaban J connectivity index is 1.63. The van der Waals surface area contributed by atoms with Crippen molar-refractivity contribution >= 4 is 5.84 Å². The Kier molecular flexibility index (Phi) is 6.73. The van der Waals surface area contributed by atoms with Crippen LogP contribution in [0.5, 0.6) is 5.75 Å². The number of ether oxygens (including phenoxy) is 1. The molecule has 0 bridgehead atoms. The number of amidine groups is 1. The van der Waals surface area contributed by atoms with E-state index >= 15 is 0 Å². The van der Waals surface area contributed by atoms with Gasteiger partial charge in [-0.3, -0.25) is 0 Å². The zero-order chi connectivity index (χ0) is 19.2. The zero-order valence-corrected chi connectivity index (χ0v) is 16.9. The van der Waals surface area contributed by atoms with E-state index in [1.807, 2.05) is 19.1 Å². The number of rotatable bonds is 6. The summed E-state index contributed by atoms with van der Waals surface area (Å²) < 4.78 is 6.20. The molecule has 2 N–H and O–H groups in total. The summed E-state index contributed by atoms with van der Waals surface area (Å²) in [5.74, 6) is 2.56. The first-order valence-corrected chi connectivity index (χ1v) is 10.3. The Morgan fingerprint density at radius 2 is 1.96 bits per heavy atom. The molecule has 2 aliphatic rings. The lowest BCUT2D eigenvalue weighted by Crippen LogP contribution is -2.30. The molecule has 1 aromatic carbocycles. The van der Waals surface area contributed by atoms with Gasteiger partial charge in [-0.25, -0.2) is 4.99 Å². The number of nitrogens with two attached hydrogens (primary N) is 1. The summed E-state index contributed by atoms with van der Waals surface area (Å²) in [7, 11) is 0. The Hall–Kier alpha value is -2.07. The molecule has 2 unspecified atom stereocenters. The molecule has 2 aliphatic heterocycles. The van der Waals surface area contributed by atoms with Gasteiger partial charge in [-0.15, -0.1) is 0 Å². The Labute approximate surface area is 163 Å². The van der Waals surface area contributed by atoms with E-state index in [2.05, 4.69) is 49.1 Å². The number of allylic oxidation sites excluding steroid dienone is 3. The van der Waals surface area contributed by atoms with Gasteiger partial charge in [0.15, 0.2) is 0 Å². The van der Waals surface area contributed by atoms with Crippen LogP contribution in [0, 0.1) is 5.92 Å². The van der Waals surface area contributed by atoms with Crippen molar-refractivity contribution in [2.75, 3.05) is 13.1 Å². The van der Waals surface area contributed by atoms with Crippen LogP contribution in [0.2, 0.25) is 0 Å². The molecule has 4 nitrogen and oxygen atoms in total. The molecule has 4 heteroatoms. The maximum Gasteiger partial charge on any atom is 0.128 e. The van der Waals surface area contributed by atoms with Crippen molar-refractivity contribution in [1.29, 1.82) is 0 Å². The molecule has 0 aliphatic carbocycles. The Morgan fingerprint density at radius 3 is 2.63 bits per heavy atom. The van der Waals surface area contributed by atoms with Crippen molar-refractivity contribution < 1.29 is 4.74 Å². The van der Waals surface area contributed by atoms with Crippen LogP contribution < -0.4 is 10.5 Å². The van der Waals surface area contributed by atoms with Gasteiger partial charge in [-0.05, 0) is 50.0 Å². The number of hydrogen-bond donors (Lipinski definition) is 1. The average Bonchev–Trinajstić information content (AvgIpc) is 2.99. The maximum absolute atomic E-state index is 6.20. The first-order chi connectivity index (χ1) is 13.1. The summed E-state index contributed by atoms with van der Waals surface area (Å²) in [5, 5.41) is 0. The van der Waals surface area contributed by atoms with Gasteiger partial charge in [0.2, 0.25) is 0 Å². The quantitative estimate of drug-likeness (QED) is 0.783. The third kappa shape index (κ3) is 5.01. The molecule has 1 aromatic rings. The Morgan fingerprint density at radius 1 is 1.22 bits per heavy atom. The molecule has 2 atom stereocenters. The minimum absolute atomic E-state index is 0.0541. The van der Waals surface area contributed by atoms with Crippen LogP contribution in [0.15, 0.2) is 53.2 Å². The standard InChI is InChI=1S/C23H33N3O/c1-4-18(5-2)22-8-6-7-9-23(25-22)26-15-14-21(16-26)27-20-12-10-19(11-13-20)17(3)24/h7-13,17-18,21H,4-6,14-16,24H2,1-3H3. The molecule has 27 heavy (non-hydrogen) atoms. The smallest absolute Gasteiger partial charge is 0.128 e. The molecule has 0 spiro atoms. The molecular weight excluding hydrogens is 334 g/mol. The molecule has 1 saturated heterocycles. The number of hydrogen-bond acceptors (Lipinski definition) is 4. The van der Waals surface area contributed by atoms with E-state index < -0.39 is 0 Å². The van der Waals surface area contributed by atoms with Gasteiger partial charge in [-0.1, -0.05) is 38.1 Å². The summed E-state index contributed by atoms with van der Waals surface area (Å²) >= 11 is 0. The maximum atomic E-state index is 6.20. The second-order valence-corrected chi connectivity index (χ2v) is 7.58. The average molecular weight is 368 g/mol. The van der Waals surface area contributed by atoms with Gasteiger partial charge in [0, 0.05) is 30.6 Å². The fraction of sp³-hybridized carbons (Fsp3) is 0.522. The fourth-order valence-electron chi connectivity index (χ4n) is 3.79.